The van der Waals surface area contributed by atoms with E-state index in [2.05, 4.69) is 26.0 Å². The van der Waals surface area contributed by atoms with Gasteiger partial charge in [0.25, 0.3) is 0 Å². The second kappa shape index (κ2) is 6.60. The zero-order valence-corrected chi connectivity index (χ0v) is 13.3. The molecular weight excluding hydrogens is 357 g/mol. The molecule has 0 unspecified atom stereocenters. The molecule has 0 saturated heterocycles. The van der Waals surface area contributed by atoms with Gasteiger partial charge in [-0.25, -0.2) is 17.5 Å². The summed E-state index contributed by atoms with van der Waals surface area (Å²) in [6.07, 6.45) is 1.06. The molecule has 0 aliphatic heterocycles. The Labute approximate surface area is 124 Å². The van der Waals surface area contributed by atoms with Crippen LogP contribution in [0.4, 0.5) is 10.1 Å². The van der Waals surface area contributed by atoms with Crippen molar-refractivity contribution in [3.05, 3.63) is 28.0 Å². The molecule has 0 radical (unpaired) electrons. The number of sulfonamides is 1. The van der Waals surface area contributed by atoms with E-state index in [0.717, 1.165) is 6.26 Å². The fourth-order valence-electron chi connectivity index (χ4n) is 1.31. The van der Waals surface area contributed by atoms with E-state index < -0.39 is 15.8 Å². The number of thiocarbonyl (C=S) groups is 1. The topological polar surface area (TPSA) is 84.2 Å². The molecule has 1 aromatic carbocycles. The van der Waals surface area contributed by atoms with Crippen LogP contribution in [0.1, 0.15) is 5.56 Å². The minimum Gasteiger partial charge on any atom is -0.389 e. The quantitative estimate of drug-likeness (QED) is 0.518. The molecule has 1 aromatic rings. The van der Waals surface area contributed by atoms with Crippen molar-refractivity contribution < 1.29 is 12.8 Å². The third-order valence-electron chi connectivity index (χ3n) is 2.15. The largest absolute Gasteiger partial charge is 0.389 e. The van der Waals surface area contributed by atoms with Crippen LogP contribution in [0.25, 0.3) is 0 Å². The molecule has 0 atom stereocenters. The van der Waals surface area contributed by atoms with Crippen molar-refractivity contribution in [1.29, 1.82) is 0 Å². The fourth-order valence-corrected chi connectivity index (χ4v) is 2.64. The maximum atomic E-state index is 13.9. The van der Waals surface area contributed by atoms with Crippen LogP contribution < -0.4 is 15.8 Å². The van der Waals surface area contributed by atoms with Crippen molar-refractivity contribution in [1.82, 2.24) is 4.72 Å². The maximum absolute atomic E-state index is 13.9. The molecule has 0 fully saturated rings. The molecule has 0 aliphatic rings. The standard InChI is InChI=1S/C10H13BrFN3O2S2/c1-19(16,17)15-5-4-14-7-3-2-6(10(13)18)8(11)9(7)12/h2-3,14-15H,4-5H2,1H3,(H2,13,18). The molecule has 19 heavy (non-hydrogen) atoms. The van der Waals surface area contributed by atoms with E-state index in [-0.39, 0.29) is 28.2 Å². The van der Waals surface area contributed by atoms with Gasteiger partial charge in [-0.15, -0.1) is 0 Å². The summed E-state index contributed by atoms with van der Waals surface area (Å²) in [6.45, 7) is 0.412. The Morgan fingerprint density at radius 2 is 2.11 bits per heavy atom. The SMILES string of the molecule is CS(=O)(=O)NCCNc1ccc(C(N)=S)c(Br)c1F. The summed E-state index contributed by atoms with van der Waals surface area (Å²) in [5.41, 5.74) is 6.09. The minimum absolute atomic E-state index is 0.0936. The summed E-state index contributed by atoms with van der Waals surface area (Å²) in [7, 11) is -3.24. The molecule has 106 valence electrons. The minimum atomic E-state index is -3.24. The van der Waals surface area contributed by atoms with Crippen LogP contribution in [-0.2, 0) is 10.0 Å². The van der Waals surface area contributed by atoms with Crippen LogP contribution in [0, 0.1) is 5.82 Å². The Bertz CT molecular complexity index is 593. The van der Waals surface area contributed by atoms with Gasteiger partial charge in [-0.2, -0.15) is 0 Å². The second-order valence-electron chi connectivity index (χ2n) is 3.75. The zero-order chi connectivity index (χ0) is 14.6. The summed E-state index contributed by atoms with van der Waals surface area (Å²) >= 11 is 7.86. The number of benzene rings is 1. The molecule has 5 nitrogen and oxygen atoms in total. The normalized spacial score (nSPS) is 11.3. The highest BCUT2D eigenvalue weighted by atomic mass is 79.9. The molecule has 0 amide bonds. The molecular formula is C10H13BrFN3O2S2. The van der Waals surface area contributed by atoms with Crippen molar-refractivity contribution in [3.63, 3.8) is 0 Å². The third-order valence-corrected chi connectivity index (χ3v) is 3.88. The molecule has 0 spiro atoms. The Kier molecular flexibility index (Phi) is 5.65. The van der Waals surface area contributed by atoms with Gasteiger partial charge in [-0.3, -0.25) is 0 Å². The van der Waals surface area contributed by atoms with Crippen molar-refractivity contribution in [2.45, 2.75) is 0 Å². The summed E-state index contributed by atoms with van der Waals surface area (Å²) < 4.78 is 38.1. The maximum Gasteiger partial charge on any atom is 0.208 e. The average Bonchev–Trinajstić information content (AvgIpc) is 2.28. The Balaban J connectivity index is 2.71. The molecule has 0 aromatic heterocycles. The zero-order valence-electron chi connectivity index (χ0n) is 10.0. The smallest absolute Gasteiger partial charge is 0.208 e. The Hall–Kier alpha value is -0.770. The fraction of sp³-hybridized carbons (Fsp3) is 0.300. The first-order valence-electron chi connectivity index (χ1n) is 5.18. The molecule has 4 N–H and O–H groups in total. The highest BCUT2D eigenvalue weighted by Gasteiger charge is 2.12. The van der Waals surface area contributed by atoms with Gasteiger partial charge in [0.2, 0.25) is 10.0 Å². The van der Waals surface area contributed by atoms with E-state index in [9.17, 15) is 12.8 Å². The van der Waals surface area contributed by atoms with E-state index in [4.69, 9.17) is 18.0 Å². The lowest BCUT2D eigenvalue weighted by Crippen LogP contribution is -2.27. The number of hydrogen-bond donors (Lipinski definition) is 3. The Morgan fingerprint density at radius 1 is 1.47 bits per heavy atom. The van der Waals surface area contributed by atoms with Crippen molar-refractivity contribution in [2.24, 2.45) is 5.73 Å². The van der Waals surface area contributed by atoms with Gasteiger partial charge in [-0.1, -0.05) is 12.2 Å². The predicted molar refractivity (Wildman–Crippen MR) is 81.3 cm³/mol. The average molecular weight is 370 g/mol. The van der Waals surface area contributed by atoms with Gasteiger partial charge in [0.1, 0.15) is 4.99 Å². The lowest BCUT2D eigenvalue weighted by Gasteiger charge is -2.11. The summed E-state index contributed by atoms with van der Waals surface area (Å²) in [5.74, 6) is -0.523. The van der Waals surface area contributed by atoms with Gasteiger partial charge in [0, 0.05) is 18.7 Å². The van der Waals surface area contributed by atoms with Crippen molar-refractivity contribution in [2.75, 3.05) is 24.7 Å². The lowest BCUT2D eigenvalue weighted by atomic mass is 10.2. The lowest BCUT2D eigenvalue weighted by molar-refractivity contribution is 0.589. The summed E-state index contributed by atoms with van der Waals surface area (Å²) in [5, 5.41) is 2.78. The van der Waals surface area contributed by atoms with E-state index >= 15 is 0 Å². The Morgan fingerprint density at radius 3 is 2.63 bits per heavy atom. The number of halogens is 2. The van der Waals surface area contributed by atoms with Gasteiger partial charge < -0.3 is 11.1 Å². The van der Waals surface area contributed by atoms with Crippen LogP contribution in [0.3, 0.4) is 0 Å². The van der Waals surface area contributed by atoms with E-state index in [1.54, 1.807) is 6.07 Å². The van der Waals surface area contributed by atoms with E-state index in [1.807, 2.05) is 0 Å². The van der Waals surface area contributed by atoms with E-state index in [1.165, 1.54) is 6.07 Å². The first kappa shape index (κ1) is 16.3. The summed E-state index contributed by atoms with van der Waals surface area (Å²) in [4.78, 5) is 0.0936. The van der Waals surface area contributed by atoms with Gasteiger partial charge in [0.15, 0.2) is 5.82 Å². The predicted octanol–water partition coefficient (Wildman–Crippen LogP) is 1.18. The highest BCUT2D eigenvalue weighted by Crippen LogP contribution is 2.26. The van der Waals surface area contributed by atoms with E-state index in [0.29, 0.717) is 5.56 Å². The van der Waals surface area contributed by atoms with Crippen LogP contribution in [0.15, 0.2) is 16.6 Å². The van der Waals surface area contributed by atoms with Crippen LogP contribution in [0.5, 0.6) is 0 Å². The molecule has 0 aliphatic carbocycles. The monoisotopic (exact) mass is 369 g/mol. The first-order chi connectivity index (χ1) is 8.72. The van der Waals surface area contributed by atoms with Gasteiger partial charge in [-0.05, 0) is 28.1 Å². The first-order valence-corrected chi connectivity index (χ1v) is 8.28. The van der Waals surface area contributed by atoms with Crippen LogP contribution in [0.2, 0.25) is 0 Å². The van der Waals surface area contributed by atoms with Crippen LogP contribution in [-0.4, -0.2) is 32.8 Å². The van der Waals surface area contributed by atoms with Gasteiger partial charge >= 0.3 is 0 Å². The molecule has 0 heterocycles. The molecule has 0 saturated carbocycles. The number of nitrogens with two attached hydrogens (primary N) is 1. The highest BCUT2D eigenvalue weighted by molar-refractivity contribution is 9.10. The van der Waals surface area contributed by atoms with Crippen molar-refractivity contribution in [3.8, 4) is 0 Å². The van der Waals surface area contributed by atoms with Gasteiger partial charge in [0.05, 0.1) is 16.4 Å². The van der Waals surface area contributed by atoms with Crippen LogP contribution >= 0.6 is 28.1 Å². The number of anilines is 1. The molecule has 0 bridgehead atoms. The number of rotatable bonds is 6. The molecule has 1 rings (SSSR count). The third kappa shape index (κ3) is 5.01. The second-order valence-corrected chi connectivity index (χ2v) is 6.81. The van der Waals surface area contributed by atoms with Crippen molar-refractivity contribution >= 4 is 48.8 Å². The number of hydrogen-bond acceptors (Lipinski definition) is 4. The molecule has 9 heteroatoms. The summed E-state index contributed by atoms with van der Waals surface area (Å²) in [6, 6.07) is 3.08. The number of nitrogens with one attached hydrogen (secondary N) is 2.